The lowest BCUT2D eigenvalue weighted by atomic mass is 9.77. The molecule has 0 spiro atoms. The fraction of sp³-hybridized carbons (Fsp3) is 0.714. The number of nitrogens with one attached hydrogen (secondary N) is 1. The zero-order valence-electron chi connectivity index (χ0n) is 12.8. The summed E-state index contributed by atoms with van der Waals surface area (Å²) in [5, 5.41) is 2.22. The van der Waals surface area contributed by atoms with E-state index < -0.39 is 23.3 Å². The van der Waals surface area contributed by atoms with Crippen molar-refractivity contribution >= 4 is 34.9 Å². The van der Waals surface area contributed by atoms with E-state index in [1.807, 2.05) is 13.8 Å². The summed E-state index contributed by atoms with van der Waals surface area (Å²) >= 11 is 5.15. The van der Waals surface area contributed by atoms with Crippen LogP contribution in [-0.4, -0.2) is 40.2 Å². The highest BCUT2D eigenvalue weighted by Crippen LogP contribution is 2.34. The third-order valence-electron chi connectivity index (χ3n) is 3.92. The number of hydrogen-bond acceptors (Lipinski definition) is 4. The number of carbonyl (C=O) groups is 3. The van der Waals surface area contributed by atoms with Crippen molar-refractivity contribution in [2.75, 3.05) is 6.54 Å². The minimum absolute atomic E-state index is 0.135. The highest BCUT2D eigenvalue weighted by Gasteiger charge is 2.46. The molecule has 1 atom stereocenters. The molecule has 21 heavy (non-hydrogen) atoms. The summed E-state index contributed by atoms with van der Waals surface area (Å²) in [6.45, 7) is 5.37. The van der Waals surface area contributed by atoms with Crippen molar-refractivity contribution in [3.8, 4) is 0 Å². The van der Waals surface area contributed by atoms with Crippen LogP contribution in [0.1, 0.15) is 46.5 Å². The van der Waals surface area contributed by atoms with Gasteiger partial charge in [-0.2, -0.15) is 0 Å². The van der Waals surface area contributed by atoms with Gasteiger partial charge in [0.15, 0.2) is 0 Å². The predicted molar refractivity (Wildman–Crippen MR) is 83.4 cm³/mol. The molecule has 0 radical (unpaired) electrons. The Kier molecular flexibility index (Phi) is 5.83. The van der Waals surface area contributed by atoms with Gasteiger partial charge in [0.2, 0.25) is 17.7 Å². The zero-order valence-corrected chi connectivity index (χ0v) is 13.6. The monoisotopic (exact) mass is 313 g/mol. The first-order valence-corrected chi connectivity index (χ1v) is 7.65. The topological polar surface area (TPSA) is 92.5 Å². The molecule has 0 aromatic rings. The number of thiocarbonyl (C=S) groups is 1. The van der Waals surface area contributed by atoms with E-state index in [0.29, 0.717) is 12.8 Å². The highest BCUT2D eigenvalue weighted by atomic mass is 32.1. The summed E-state index contributed by atoms with van der Waals surface area (Å²) in [4.78, 5) is 37.7. The summed E-state index contributed by atoms with van der Waals surface area (Å²) in [5.41, 5.74) is 4.90. The molecule has 0 aromatic carbocycles. The Morgan fingerprint density at radius 2 is 1.90 bits per heavy atom. The normalized spacial score (nSPS) is 19.4. The molecule has 0 saturated carbocycles. The minimum Gasteiger partial charge on any atom is -0.392 e. The second kappa shape index (κ2) is 6.98. The molecule has 1 rings (SSSR count). The van der Waals surface area contributed by atoms with Gasteiger partial charge in [-0.25, -0.2) is 0 Å². The number of imide groups is 1. The van der Waals surface area contributed by atoms with Gasteiger partial charge in [0.25, 0.3) is 0 Å². The molecular formula is C14H23N3O3S. The van der Waals surface area contributed by atoms with Gasteiger partial charge < -0.3 is 10.6 Å². The van der Waals surface area contributed by atoms with E-state index in [-0.39, 0.29) is 17.4 Å². The maximum atomic E-state index is 13.0. The number of amides is 3. The molecule has 0 bridgehead atoms. The second-order valence-electron chi connectivity index (χ2n) is 5.47. The molecule has 1 fully saturated rings. The standard InChI is InChI=1S/C14H23N3O3S/c1-4-6-14(7-5-2,12(15)21)13(20)17-8-10(18)16-11(19)9(17)3/h9H,4-8H2,1-3H3,(H2,15,21)(H,16,18,19). The summed E-state index contributed by atoms with van der Waals surface area (Å²) in [6, 6.07) is -0.697. The fourth-order valence-electron chi connectivity index (χ4n) is 2.78. The quantitative estimate of drug-likeness (QED) is 0.557. The molecule has 6 nitrogen and oxygen atoms in total. The number of nitrogens with zero attached hydrogens (tertiary/aromatic N) is 1. The Morgan fingerprint density at radius 3 is 2.33 bits per heavy atom. The van der Waals surface area contributed by atoms with E-state index in [0.717, 1.165) is 12.8 Å². The first kappa shape index (κ1) is 17.6. The number of hydrogen-bond donors (Lipinski definition) is 2. The Hall–Kier alpha value is -1.50. The molecule has 3 N–H and O–H groups in total. The van der Waals surface area contributed by atoms with Crippen molar-refractivity contribution in [3.63, 3.8) is 0 Å². The zero-order chi connectivity index (χ0) is 16.2. The molecular weight excluding hydrogens is 290 g/mol. The Morgan fingerprint density at radius 1 is 1.38 bits per heavy atom. The average molecular weight is 313 g/mol. The smallest absolute Gasteiger partial charge is 0.249 e. The molecule has 1 saturated heterocycles. The summed E-state index contributed by atoms with van der Waals surface area (Å²) < 4.78 is 0. The van der Waals surface area contributed by atoms with Crippen molar-refractivity contribution in [2.24, 2.45) is 11.1 Å². The summed E-state index contributed by atoms with van der Waals surface area (Å²) in [5.74, 6) is -1.25. The van der Waals surface area contributed by atoms with Crippen LogP contribution in [0.3, 0.4) is 0 Å². The van der Waals surface area contributed by atoms with Gasteiger partial charge in [-0.05, 0) is 19.8 Å². The Bertz CT molecular complexity index is 458. The van der Waals surface area contributed by atoms with Gasteiger partial charge in [-0.3, -0.25) is 19.7 Å². The lowest BCUT2D eigenvalue weighted by Crippen LogP contribution is -2.62. The van der Waals surface area contributed by atoms with E-state index >= 15 is 0 Å². The second-order valence-corrected chi connectivity index (χ2v) is 5.91. The van der Waals surface area contributed by atoms with E-state index in [1.54, 1.807) is 6.92 Å². The minimum atomic E-state index is -0.967. The van der Waals surface area contributed by atoms with Crippen LogP contribution >= 0.6 is 12.2 Å². The van der Waals surface area contributed by atoms with Gasteiger partial charge in [-0.1, -0.05) is 38.9 Å². The van der Waals surface area contributed by atoms with Crippen molar-refractivity contribution in [1.82, 2.24) is 10.2 Å². The van der Waals surface area contributed by atoms with E-state index in [4.69, 9.17) is 18.0 Å². The predicted octanol–water partition coefficient (Wildman–Crippen LogP) is 0.733. The SMILES string of the molecule is CCCC(CCC)(C(=O)N1CC(=O)NC(=O)C1C)C(N)=S. The molecule has 1 aliphatic rings. The van der Waals surface area contributed by atoms with Crippen molar-refractivity contribution in [2.45, 2.75) is 52.5 Å². The number of piperazine rings is 1. The van der Waals surface area contributed by atoms with Crippen LogP contribution in [0.25, 0.3) is 0 Å². The van der Waals surface area contributed by atoms with Crippen molar-refractivity contribution in [1.29, 1.82) is 0 Å². The van der Waals surface area contributed by atoms with Gasteiger partial charge in [0, 0.05) is 0 Å². The third-order valence-corrected chi connectivity index (χ3v) is 4.31. The van der Waals surface area contributed by atoms with E-state index in [9.17, 15) is 14.4 Å². The van der Waals surface area contributed by atoms with Crippen LogP contribution in [0.4, 0.5) is 0 Å². The molecule has 0 aromatic heterocycles. The average Bonchev–Trinajstić information content (AvgIpc) is 2.41. The Balaban J connectivity index is 3.17. The molecule has 7 heteroatoms. The lowest BCUT2D eigenvalue weighted by Gasteiger charge is -2.40. The van der Waals surface area contributed by atoms with Gasteiger partial charge in [0.1, 0.15) is 12.6 Å². The van der Waals surface area contributed by atoms with E-state index in [1.165, 1.54) is 4.90 Å². The van der Waals surface area contributed by atoms with Gasteiger partial charge >= 0.3 is 0 Å². The fourth-order valence-corrected chi connectivity index (χ4v) is 3.07. The van der Waals surface area contributed by atoms with Crippen molar-refractivity contribution < 1.29 is 14.4 Å². The van der Waals surface area contributed by atoms with E-state index in [2.05, 4.69) is 5.32 Å². The first-order valence-electron chi connectivity index (χ1n) is 7.24. The molecule has 1 heterocycles. The van der Waals surface area contributed by atoms with Crippen LogP contribution in [0.2, 0.25) is 0 Å². The van der Waals surface area contributed by atoms with Crippen LogP contribution < -0.4 is 11.1 Å². The lowest BCUT2D eigenvalue weighted by molar-refractivity contribution is -0.153. The maximum Gasteiger partial charge on any atom is 0.249 e. The van der Waals surface area contributed by atoms with Crippen molar-refractivity contribution in [3.05, 3.63) is 0 Å². The highest BCUT2D eigenvalue weighted by molar-refractivity contribution is 7.80. The maximum absolute atomic E-state index is 13.0. The number of nitrogens with two attached hydrogens (primary N) is 1. The van der Waals surface area contributed by atoms with Crippen LogP contribution in [0.15, 0.2) is 0 Å². The molecule has 118 valence electrons. The van der Waals surface area contributed by atoms with Crippen LogP contribution in [0, 0.1) is 5.41 Å². The van der Waals surface area contributed by atoms with Gasteiger partial charge in [0.05, 0.1) is 10.4 Å². The summed E-state index contributed by atoms with van der Waals surface area (Å²) in [7, 11) is 0. The summed E-state index contributed by atoms with van der Waals surface area (Å²) in [6.07, 6.45) is 2.53. The Labute approximate surface area is 130 Å². The third kappa shape index (κ3) is 3.40. The molecule has 0 aliphatic carbocycles. The molecule has 1 unspecified atom stereocenters. The van der Waals surface area contributed by atoms with Gasteiger partial charge in [-0.15, -0.1) is 0 Å². The number of carbonyl (C=O) groups excluding carboxylic acids is 3. The first-order chi connectivity index (χ1) is 9.80. The number of rotatable bonds is 6. The molecule has 3 amide bonds. The molecule has 1 aliphatic heterocycles. The largest absolute Gasteiger partial charge is 0.392 e. The van der Waals surface area contributed by atoms with Crippen LogP contribution in [-0.2, 0) is 14.4 Å². The van der Waals surface area contributed by atoms with Crippen LogP contribution in [0.5, 0.6) is 0 Å².